The van der Waals surface area contributed by atoms with Gasteiger partial charge >= 0.3 is 0 Å². The maximum Gasteiger partial charge on any atom is 0.0821 e. The molecule has 1 fully saturated rings. The zero-order valence-electron chi connectivity index (χ0n) is 12.4. The summed E-state index contributed by atoms with van der Waals surface area (Å²) in [6.07, 6.45) is 8.77. The summed E-state index contributed by atoms with van der Waals surface area (Å²) >= 11 is 0. The van der Waals surface area contributed by atoms with E-state index in [9.17, 15) is 5.11 Å². The normalized spacial score (nSPS) is 26.1. The van der Waals surface area contributed by atoms with Crippen LogP contribution in [0.5, 0.6) is 0 Å². The summed E-state index contributed by atoms with van der Waals surface area (Å²) in [6.45, 7) is 2.21. The molecule has 0 saturated heterocycles. The van der Waals surface area contributed by atoms with Gasteiger partial charge in [0.25, 0.3) is 0 Å². The van der Waals surface area contributed by atoms with Crippen LogP contribution in [0.2, 0.25) is 0 Å². The minimum absolute atomic E-state index is 0.256. The average molecular weight is 273 g/mol. The molecule has 0 heterocycles. The van der Waals surface area contributed by atoms with E-state index in [0.29, 0.717) is 5.92 Å². The zero-order valence-corrected chi connectivity index (χ0v) is 12.4. The van der Waals surface area contributed by atoms with Gasteiger partial charge in [0.15, 0.2) is 0 Å². The molecule has 0 aliphatic heterocycles. The molecule has 2 nitrogen and oxygen atoms in total. The van der Waals surface area contributed by atoms with Crippen LogP contribution in [0, 0.1) is 11.8 Å². The highest BCUT2D eigenvalue weighted by Crippen LogP contribution is 2.35. The van der Waals surface area contributed by atoms with E-state index >= 15 is 0 Å². The van der Waals surface area contributed by atoms with Gasteiger partial charge in [0, 0.05) is 0 Å². The third-order valence-electron chi connectivity index (χ3n) is 5.25. The number of aryl methyl sites for hydroxylation is 1. The van der Waals surface area contributed by atoms with Crippen LogP contribution in [0.1, 0.15) is 55.8 Å². The van der Waals surface area contributed by atoms with E-state index in [1.54, 1.807) is 0 Å². The van der Waals surface area contributed by atoms with Gasteiger partial charge in [-0.05, 0) is 61.7 Å². The first kappa shape index (κ1) is 14.1. The van der Waals surface area contributed by atoms with Crippen LogP contribution >= 0.6 is 0 Å². The molecule has 2 heteroatoms. The Morgan fingerprint density at radius 3 is 2.65 bits per heavy atom. The minimum Gasteiger partial charge on any atom is -0.388 e. The molecule has 0 spiro atoms. The molecule has 2 unspecified atom stereocenters. The van der Waals surface area contributed by atoms with Gasteiger partial charge in [-0.2, -0.15) is 0 Å². The Kier molecular flexibility index (Phi) is 4.74. The van der Waals surface area contributed by atoms with Gasteiger partial charge in [-0.1, -0.05) is 43.5 Å². The van der Waals surface area contributed by atoms with Crippen LogP contribution < -0.4 is 5.32 Å². The molecule has 2 aliphatic carbocycles. The van der Waals surface area contributed by atoms with Gasteiger partial charge in [0.2, 0.25) is 0 Å². The van der Waals surface area contributed by atoms with E-state index in [4.69, 9.17) is 0 Å². The largest absolute Gasteiger partial charge is 0.388 e. The van der Waals surface area contributed by atoms with Crippen molar-refractivity contribution < 1.29 is 5.11 Å². The summed E-state index contributed by atoms with van der Waals surface area (Å²) in [5.41, 5.74) is 2.51. The Hall–Kier alpha value is -0.860. The van der Waals surface area contributed by atoms with Crippen LogP contribution in [0.4, 0.5) is 0 Å². The number of fused-ring (bicyclic) bond motifs is 1. The summed E-state index contributed by atoms with van der Waals surface area (Å²) in [6, 6.07) is 8.37. The molecule has 1 aromatic carbocycles. The number of aliphatic hydroxyl groups is 1. The maximum absolute atomic E-state index is 10.5. The lowest BCUT2D eigenvalue weighted by molar-refractivity contribution is 0.0884. The molecule has 110 valence electrons. The molecular formula is C18H27NO. The van der Waals surface area contributed by atoms with E-state index in [1.165, 1.54) is 36.8 Å². The van der Waals surface area contributed by atoms with Crippen molar-refractivity contribution >= 4 is 0 Å². The predicted octanol–water partition coefficient (Wildman–Crippen LogP) is 3.45. The molecule has 2 atom stereocenters. The second-order valence-corrected chi connectivity index (χ2v) is 6.57. The molecule has 0 bridgehead atoms. The van der Waals surface area contributed by atoms with E-state index in [0.717, 1.165) is 38.3 Å². The van der Waals surface area contributed by atoms with Gasteiger partial charge in [-0.15, -0.1) is 0 Å². The zero-order chi connectivity index (χ0) is 13.8. The highest BCUT2D eigenvalue weighted by molar-refractivity contribution is 5.31. The lowest BCUT2D eigenvalue weighted by Gasteiger charge is -2.30. The third-order valence-corrected chi connectivity index (χ3v) is 5.25. The fourth-order valence-corrected chi connectivity index (χ4v) is 3.61. The van der Waals surface area contributed by atoms with Crippen molar-refractivity contribution in [3.8, 4) is 0 Å². The standard InChI is InChI=1S/C18H27NO/c20-18-16(9-8-15-6-1-2-7-17(15)18)11-13-19-12-10-14-4-3-5-14/h1-2,6-7,14,16,18-20H,3-5,8-13H2. The Morgan fingerprint density at radius 1 is 1.05 bits per heavy atom. The topological polar surface area (TPSA) is 32.3 Å². The van der Waals surface area contributed by atoms with Crippen LogP contribution in [0.25, 0.3) is 0 Å². The quantitative estimate of drug-likeness (QED) is 0.778. The second-order valence-electron chi connectivity index (χ2n) is 6.57. The molecule has 2 N–H and O–H groups in total. The van der Waals surface area contributed by atoms with Gasteiger partial charge in [-0.25, -0.2) is 0 Å². The number of rotatable bonds is 6. The van der Waals surface area contributed by atoms with Crippen molar-refractivity contribution in [2.75, 3.05) is 13.1 Å². The Balaban J connectivity index is 1.40. The first-order chi connectivity index (χ1) is 9.84. The Labute approximate surface area is 122 Å². The smallest absolute Gasteiger partial charge is 0.0821 e. The third kappa shape index (κ3) is 3.24. The Morgan fingerprint density at radius 2 is 1.85 bits per heavy atom. The van der Waals surface area contributed by atoms with Crippen molar-refractivity contribution in [1.82, 2.24) is 5.32 Å². The van der Waals surface area contributed by atoms with Crippen LogP contribution in [-0.2, 0) is 6.42 Å². The molecule has 2 aliphatic rings. The highest BCUT2D eigenvalue weighted by Gasteiger charge is 2.27. The average Bonchev–Trinajstić information content (AvgIpc) is 2.43. The van der Waals surface area contributed by atoms with Gasteiger partial charge in [-0.3, -0.25) is 0 Å². The molecule has 20 heavy (non-hydrogen) atoms. The summed E-state index contributed by atoms with van der Waals surface area (Å²) in [7, 11) is 0. The summed E-state index contributed by atoms with van der Waals surface area (Å²) in [5, 5.41) is 14.1. The van der Waals surface area contributed by atoms with E-state index in [2.05, 4.69) is 23.5 Å². The van der Waals surface area contributed by atoms with Crippen molar-refractivity contribution in [2.45, 2.75) is 51.0 Å². The molecule has 1 saturated carbocycles. The summed E-state index contributed by atoms with van der Waals surface area (Å²) < 4.78 is 0. The predicted molar refractivity (Wildman–Crippen MR) is 82.7 cm³/mol. The maximum atomic E-state index is 10.5. The fourth-order valence-electron chi connectivity index (χ4n) is 3.61. The van der Waals surface area contributed by atoms with E-state index in [-0.39, 0.29) is 6.10 Å². The lowest BCUT2D eigenvalue weighted by Crippen LogP contribution is -2.27. The van der Waals surface area contributed by atoms with Crippen LogP contribution in [-0.4, -0.2) is 18.2 Å². The van der Waals surface area contributed by atoms with Gasteiger partial charge in [0.1, 0.15) is 0 Å². The highest BCUT2D eigenvalue weighted by atomic mass is 16.3. The van der Waals surface area contributed by atoms with Crippen molar-refractivity contribution in [2.24, 2.45) is 11.8 Å². The minimum atomic E-state index is -0.256. The van der Waals surface area contributed by atoms with Gasteiger partial charge < -0.3 is 10.4 Å². The van der Waals surface area contributed by atoms with Gasteiger partial charge in [0.05, 0.1) is 6.10 Å². The summed E-state index contributed by atoms with van der Waals surface area (Å²) in [4.78, 5) is 0. The number of hydrogen-bond donors (Lipinski definition) is 2. The first-order valence-corrected chi connectivity index (χ1v) is 8.31. The number of nitrogens with one attached hydrogen (secondary N) is 1. The molecular weight excluding hydrogens is 246 g/mol. The molecule has 0 amide bonds. The van der Waals surface area contributed by atoms with Crippen molar-refractivity contribution in [1.29, 1.82) is 0 Å². The van der Waals surface area contributed by atoms with Crippen LogP contribution in [0.3, 0.4) is 0 Å². The number of aliphatic hydroxyl groups excluding tert-OH is 1. The Bertz CT molecular complexity index is 427. The second kappa shape index (κ2) is 6.73. The van der Waals surface area contributed by atoms with E-state index < -0.39 is 0 Å². The summed E-state index contributed by atoms with van der Waals surface area (Å²) in [5.74, 6) is 1.43. The fraction of sp³-hybridized carbons (Fsp3) is 0.667. The van der Waals surface area contributed by atoms with Crippen molar-refractivity contribution in [3.63, 3.8) is 0 Å². The molecule has 0 radical (unpaired) electrons. The monoisotopic (exact) mass is 273 g/mol. The molecule has 1 aromatic rings. The van der Waals surface area contributed by atoms with Crippen LogP contribution in [0.15, 0.2) is 24.3 Å². The molecule has 0 aromatic heterocycles. The SMILES string of the molecule is OC1c2ccccc2CCC1CCNCCC1CCC1. The van der Waals surface area contributed by atoms with Crippen molar-refractivity contribution in [3.05, 3.63) is 35.4 Å². The molecule has 3 rings (SSSR count). The number of benzene rings is 1. The first-order valence-electron chi connectivity index (χ1n) is 8.31. The van der Waals surface area contributed by atoms with E-state index in [1.807, 2.05) is 6.07 Å². The lowest BCUT2D eigenvalue weighted by atomic mass is 9.80. The number of hydrogen-bond acceptors (Lipinski definition) is 2.